The second-order valence-corrected chi connectivity index (χ2v) is 5.96. The fourth-order valence-electron chi connectivity index (χ4n) is 2.38. The topological polar surface area (TPSA) is 61.4 Å². The normalized spacial score (nSPS) is 16.8. The van der Waals surface area contributed by atoms with Gasteiger partial charge in [-0.2, -0.15) is 10.2 Å². The first kappa shape index (κ1) is 13.3. The molecule has 2 aromatic rings. The van der Waals surface area contributed by atoms with Gasteiger partial charge >= 0.3 is 0 Å². The monoisotopic (exact) mass is 274 g/mol. The summed E-state index contributed by atoms with van der Waals surface area (Å²) in [4.78, 5) is 8.76. The highest BCUT2D eigenvalue weighted by Gasteiger charge is 2.27. The summed E-state index contributed by atoms with van der Waals surface area (Å²) in [5.74, 6) is 2.68. The van der Waals surface area contributed by atoms with Crippen molar-refractivity contribution in [3.63, 3.8) is 0 Å². The maximum Gasteiger partial charge on any atom is 0.153 e. The Morgan fingerprint density at radius 3 is 2.75 bits per heavy atom. The van der Waals surface area contributed by atoms with Crippen molar-refractivity contribution >= 4 is 0 Å². The van der Waals surface area contributed by atoms with E-state index in [4.69, 9.17) is 0 Å². The summed E-state index contributed by atoms with van der Waals surface area (Å²) in [6.45, 7) is 6.43. The smallest absolute Gasteiger partial charge is 0.153 e. The number of aromatic nitrogens is 6. The lowest BCUT2D eigenvalue weighted by Crippen LogP contribution is -2.12. The lowest BCUT2D eigenvalue weighted by atomic mass is 10.2. The Morgan fingerprint density at radius 1 is 1.25 bits per heavy atom. The molecule has 1 fully saturated rings. The van der Waals surface area contributed by atoms with E-state index in [-0.39, 0.29) is 0 Å². The molecule has 0 N–H and O–H groups in total. The van der Waals surface area contributed by atoms with Crippen LogP contribution in [0, 0.1) is 0 Å². The Labute approximate surface area is 119 Å². The fourth-order valence-corrected chi connectivity index (χ4v) is 2.38. The number of nitrogens with zero attached hydrogens (tertiary/aromatic N) is 6. The van der Waals surface area contributed by atoms with Gasteiger partial charge in [-0.15, -0.1) is 0 Å². The second kappa shape index (κ2) is 5.34. The highest BCUT2D eigenvalue weighted by Crippen LogP contribution is 2.37. The van der Waals surface area contributed by atoms with Crippen molar-refractivity contribution in [1.82, 2.24) is 29.5 Å². The van der Waals surface area contributed by atoms with E-state index in [0.717, 1.165) is 24.5 Å². The van der Waals surface area contributed by atoms with Crippen LogP contribution in [0.25, 0.3) is 0 Å². The molecule has 1 aliphatic rings. The zero-order valence-corrected chi connectivity index (χ0v) is 12.4. The molecule has 1 saturated carbocycles. The van der Waals surface area contributed by atoms with E-state index < -0.39 is 0 Å². The Morgan fingerprint density at radius 2 is 2.05 bits per heavy atom. The van der Waals surface area contributed by atoms with Crippen LogP contribution in [-0.4, -0.2) is 29.5 Å². The zero-order chi connectivity index (χ0) is 14.1. The molecule has 1 aliphatic carbocycles. The van der Waals surface area contributed by atoms with Crippen molar-refractivity contribution < 1.29 is 0 Å². The van der Waals surface area contributed by atoms with Crippen LogP contribution in [-0.2, 0) is 6.42 Å². The predicted molar refractivity (Wildman–Crippen MR) is 75.4 cm³/mol. The molecule has 0 aliphatic heterocycles. The van der Waals surface area contributed by atoms with Gasteiger partial charge in [0.05, 0.1) is 6.04 Å². The maximum atomic E-state index is 4.59. The van der Waals surface area contributed by atoms with Gasteiger partial charge in [-0.3, -0.25) is 0 Å². The van der Waals surface area contributed by atoms with Gasteiger partial charge in [0.2, 0.25) is 0 Å². The molecule has 2 heterocycles. The molecule has 108 valence electrons. The molecule has 3 rings (SSSR count). The van der Waals surface area contributed by atoms with E-state index in [2.05, 4.69) is 40.9 Å². The maximum absolute atomic E-state index is 4.59. The molecule has 0 aromatic carbocycles. The SMILES string of the molecule is CC(CCc1ncnn1C(C)C)n1cnc(C2CC2)n1. The molecule has 6 heteroatoms. The van der Waals surface area contributed by atoms with Crippen molar-refractivity contribution in [3.05, 3.63) is 24.3 Å². The first-order chi connectivity index (χ1) is 9.65. The minimum atomic E-state index is 0.340. The second-order valence-electron chi connectivity index (χ2n) is 5.96. The molecule has 0 amide bonds. The molecule has 6 nitrogen and oxygen atoms in total. The van der Waals surface area contributed by atoms with Gasteiger partial charge in [-0.25, -0.2) is 19.3 Å². The third kappa shape index (κ3) is 2.73. The van der Waals surface area contributed by atoms with Crippen LogP contribution in [0.15, 0.2) is 12.7 Å². The van der Waals surface area contributed by atoms with Crippen molar-refractivity contribution in [3.8, 4) is 0 Å². The molecular formula is C14H22N6. The average molecular weight is 274 g/mol. The number of rotatable bonds is 6. The van der Waals surface area contributed by atoms with E-state index in [9.17, 15) is 0 Å². The Balaban J connectivity index is 1.60. The van der Waals surface area contributed by atoms with E-state index in [0.29, 0.717) is 18.0 Å². The van der Waals surface area contributed by atoms with Gasteiger partial charge in [-0.05, 0) is 40.0 Å². The molecule has 1 unspecified atom stereocenters. The summed E-state index contributed by atoms with van der Waals surface area (Å²) in [5, 5.41) is 8.87. The Bertz CT molecular complexity index is 566. The van der Waals surface area contributed by atoms with Gasteiger partial charge in [0.25, 0.3) is 0 Å². The van der Waals surface area contributed by atoms with E-state index >= 15 is 0 Å². The van der Waals surface area contributed by atoms with Crippen LogP contribution in [0.5, 0.6) is 0 Å². The summed E-state index contributed by atoms with van der Waals surface area (Å²) in [6.07, 6.45) is 7.91. The minimum absolute atomic E-state index is 0.340. The van der Waals surface area contributed by atoms with Crippen molar-refractivity contribution in [2.75, 3.05) is 0 Å². The van der Waals surface area contributed by atoms with Gasteiger partial charge in [0.1, 0.15) is 18.5 Å². The van der Waals surface area contributed by atoms with Gasteiger partial charge < -0.3 is 0 Å². The number of hydrogen-bond donors (Lipinski definition) is 0. The molecule has 0 saturated heterocycles. The highest BCUT2D eigenvalue weighted by molar-refractivity contribution is 5.02. The van der Waals surface area contributed by atoms with Crippen LogP contribution < -0.4 is 0 Å². The summed E-state index contributed by atoms with van der Waals surface area (Å²) in [5.41, 5.74) is 0. The minimum Gasteiger partial charge on any atom is -0.250 e. The summed E-state index contributed by atoms with van der Waals surface area (Å²) in [6, 6.07) is 0.697. The van der Waals surface area contributed by atoms with E-state index in [1.54, 1.807) is 6.33 Å². The van der Waals surface area contributed by atoms with Crippen LogP contribution >= 0.6 is 0 Å². The first-order valence-electron chi connectivity index (χ1n) is 7.44. The fraction of sp³-hybridized carbons (Fsp3) is 0.714. The molecule has 1 atom stereocenters. The van der Waals surface area contributed by atoms with Gasteiger partial charge in [0, 0.05) is 18.4 Å². The quantitative estimate of drug-likeness (QED) is 0.812. The van der Waals surface area contributed by atoms with E-state index in [1.165, 1.54) is 12.8 Å². The molecular weight excluding hydrogens is 252 g/mol. The molecule has 2 aromatic heterocycles. The average Bonchev–Trinajstić information content (AvgIpc) is 2.98. The first-order valence-corrected chi connectivity index (χ1v) is 7.44. The van der Waals surface area contributed by atoms with Gasteiger partial charge in [0.15, 0.2) is 5.82 Å². The van der Waals surface area contributed by atoms with Crippen molar-refractivity contribution in [2.24, 2.45) is 0 Å². The number of aryl methyl sites for hydroxylation is 1. The molecule has 0 spiro atoms. The summed E-state index contributed by atoms with van der Waals surface area (Å²) < 4.78 is 3.98. The van der Waals surface area contributed by atoms with Crippen molar-refractivity contribution in [2.45, 2.75) is 64.5 Å². The standard InChI is InChI=1S/C14H22N6/c1-10(2)20-13(15-8-17-20)7-4-11(3)19-9-16-14(18-19)12-5-6-12/h8-12H,4-7H2,1-3H3. The molecule has 0 radical (unpaired) electrons. The Hall–Kier alpha value is -1.72. The van der Waals surface area contributed by atoms with E-state index in [1.807, 2.05) is 15.7 Å². The summed E-state index contributed by atoms with van der Waals surface area (Å²) >= 11 is 0. The largest absolute Gasteiger partial charge is 0.250 e. The van der Waals surface area contributed by atoms with Gasteiger partial charge in [-0.1, -0.05) is 0 Å². The van der Waals surface area contributed by atoms with Crippen molar-refractivity contribution in [1.29, 1.82) is 0 Å². The number of hydrogen-bond acceptors (Lipinski definition) is 4. The van der Waals surface area contributed by atoms with Crippen LogP contribution in [0.4, 0.5) is 0 Å². The zero-order valence-electron chi connectivity index (χ0n) is 12.4. The highest BCUT2D eigenvalue weighted by atomic mass is 15.4. The molecule has 0 bridgehead atoms. The molecule has 20 heavy (non-hydrogen) atoms. The van der Waals surface area contributed by atoms with Crippen LogP contribution in [0.3, 0.4) is 0 Å². The van der Waals surface area contributed by atoms with Crippen LogP contribution in [0.2, 0.25) is 0 Å². The lowest BCUT2D eigenvalue weighted by Gasteiger charge is -2.13. The summed E-state index contributed by atoms with van der Waals surface area (Å²) in [7, 11) is 0. The third-order valence-electron chi connectivity index (χ3n) is 3.84. The Kier molecular flexibility index (Phi) is 3.54. The lowest BCUT2D eigenvalue weighted by molar-refractivity contribution is 0.434. The van der Waals surface area contributed by atoms with Crippen LogP contribution in [0.1, 0.15) is 69.7 Å². The predicted octanol–water partition coefficient (Wildman–Crippen LogP) is 2.52. The third-order valence-corrected chi connectivity index (χ3v) is 3.84.